The number of anilines is 1. The van der Waals surface area contributed by atoms with E-state index in [1.165, 1.54) is 7.11 Å². The second kappa shape index (κ2) is 8.64. The molecule has 0 heterocycles. The molecular formula is C16H26N2O3. The van der Waals surface area contributed by atoms with Crippen molar-refractivity contribution in [2.24, 2.45) is 11.7 Å². The molecule has 3 N–H and O–H groups in total. The Morgan fingerprint density at radius 3 is 2.67 bits per heavy atom. The van der Waals surface area contributed by atoms with Crippen molar-refractivity contribution >= 4 is 11.6 Å². The molecule has 1 aromatic carbocycles. The molecule has 0 saturated carbocycles. The molecule has 1 aromatic rings. The molecule has 1 unspecified atom stereocenters. The van der Waals surface area contributed by atoms with Crippen LogP contribution in [0.1, 0.15) is 26.3 Å². The van der Waals surface area contributed by atoms with Gasteiger partial charge in [-0.25, -0.2) is 0 Å². The van der Waals surface area contributed by atoms with E-state index in [4.69, 9.17) is 15.2 Å². The monoisotopic (exact) mass is 294 g/mol. The van der Waals surface area contributed by atoms with Gasteiger partial charge >= 0.3 is 0 Å². The van der Waals surface area contributed by atoms with Crippen LogP contribution in [-0.4, -0.2) is 32.3 Å². The highest BCUT2D eigenvalue weighted by molar-refractivity contribution is 5.93. The Kier molecular flexibility index (Phi) is 7.19. The van der Waals surface area contributed by atoms with Crippen LogP contribution in [0, 0.1) is 5.92 Å². The van der Waals surface area contributed by atoms with Gasteiger partial charge in [-0.3, -0.25) is 4.79 Å². The first-order valence-electron chi connectivity index (χ1n) is 7.28. The van der Waals surface area contributed by atoms with E-state index in [-0.39, 0.29) is 18.6 Å². The van der Waals surface area contributed by atoms with Crippen molar-refractivity contribution in [3.63, 3.8) is 0 Å². The highest BCUT2D eigenvalue weighted by atomic mass is 16.5. The summed E-state index contributed by atoms with van der Waals surface area (Å²) >= 11 is 0. The lowest BCUT2D eigenvalue weighted by Crippen LogP contribution is -2.28. The third-order valence-corrected chi connectivity index (χ3v) is 3.22. The minimum Gasteiger partial charge on any atom is -0.492 e. The highest BCUT2D eigenvalue weighted by Gasteiger charge is 2.12. The summed E-state index contributed by atoms with van der Waals surface area (Å²) in [7, 11) is 1.49. The van der Waals surface area contributed by atoms with Crippen molar-refractivity contribution in [1.82, 2.24) is 0 Å². The quantitative estimate of drug-likeness (QED) is 0.771. The van der Waals surface area contributed by atoms with E-state index in [0.717, 1.165) is 12.0 Å². The van der Waals surface area contributed by atoms with Crippen LogP contribution < -0.4 is 15.8 Å². The predicted molar refractivity (Wildman–Crippen MR) is 84.6 cm³/mol. The number of carbonyl (C=O) groups is 1. The molecule has 0 aromatic heterocycles. The first-order valence-corrected chi connectivity index (χ1v) is 7.28. The number of nitrogens with one attached hydrogen (secondary N) is 1. The molecule has 1 amide bonds. The Hall–Kier alpha value is -1.59. The summed E-state index contributed by atoms with van der Waals surface area (Å²) < 4.78 is 10.4. The van der Waals surface area contributed by atoms with Crippen LogP contribution in [0.2, 0.25) is 0 Å². The van der Waals surface area contributed by atoms with E-state index in [9.17, 15) is 4.79 Å². The van der Waals surface area contributed by atoms with E-state index in [0.29, 0.717) is 24.0 Å². The minimum absolute atomic E-state index is 0.0194. The number of amides is 1. The maximum atomic E-state index is 11.6. The molecule has 0 aliphatic rings. The van der Waals surface area contributed by atoms with Crippen molar-refractivity contribution in [3.8, 4) is 5.75 Å². The third-order valence-electron chi connectivity index (χ3n) is 3.22. The van der Waals surface area contributed by atoms with Gasteiger partial charge < -0.3 is 20.5 Å². The average molecular weight is 294 g/mol. The number of methoxy groups -OCH3 is 1. The Bertz CT molecular complexity index is 461. The standard InChI is InChI=1S/C16H26N2O3/c1-5-21-15-9-12(8-13(17)11(2)3)6-7-14(15)18-16(19)10-20-4/h6-7,9,11,13H,5,8,10,17H2,1-4H3,(H,18,19). The zero-order valence-electron chi connectivity index (χ0n) is 13.3. The lowest BCUT2D eigenvalue weighted by molar-refractivity contribution is -0.119. The Morgan fingerprint density at radius 1 is 1.38 bits per heavy atom. The number of ether oxygens (including phenoxy) is 2. The first-order chi connectivity index (χ1) is 9.97. The van der Waals surface area contributed by atoms with Crippen LogP contribution in [0.5, 0.6) is 5.75 Å². The largest absolute Gasteiger partial charge is 0.492 e. The van der Waals surface area contributed by atoms with E-state index in [1.807, 2.05) is 25.1 Å². The summed E-state index contributed by atoms with van der Waals surface area (Å²) in [6.45, 7) is 6.67. The zero-order chi connectivity index (χ0) is 15.8. The third kappa shape index (κ3) is 5.73. The van der Waals surface area contributed by atoms with E-state index >= 15 is 0 Å². The van der Waals surface area contributed by atoms with Gasteiger partial charge in [-0.2, -0.15) is 0 Å². The minimum atomic E-state index is -0.204. The van der Waals surface area contributed by atoms with Gasteiger partial charge in [0.25, 0.3) is 0 Å². The highest BCUT2D eigenvalue weighted by Crippen LogP contribution is 2.27. The summed E-state index contributed by atoms with van der Waals surface area (Å²) in [6.07, 6.45) is 0.782. The van der Waals surface area contributed by atoms with Gasteiger partial charge in [0.1, 0.15) is 12.4 Å². The summed E-state index contributed by atoms with van der Waals surface area (Å²) in [6, 6.07) is 5.86. The van der Waals surface area contributed by atoms with Gasteiger partial charge in [0.2, 0.25) is 5.91 Å². The molecule has 0 spiro atoms. The molecular weight excluding hydrogens is 268 g/mol. The van der Waals surface area contributed by atoms with Crippen molar-refractivity contribution in [2.75, 3.05) is 25.6 Å². The fraction of sp³-hybridized carbons (Fsp3) is 0.562. The maximum Gasteiger partial charge on any atom is 0.250 e. The molecule has 0 aliphatic carbocycles. The number of hydrogen-bond acceptors (Lipinski definition) is 4. The van der Waals surface area contributed by atoms with Crippen LogP contribution in [0.3, 0.4) is 0 Å². The number of benzene rings is 1. The van der Waals surface area contributed by atoms with Gasteiger partial charge in [-0.05, 0) is 37.0 Å². The zero-order valence-corrected chi connectivity index (χ0v) is 13.3. The molecule has 0 aliphatic heterocycles. The SMILES string of the molecule is CCOc1cc(CC(N)C(C)C)ccc1NC(=O)COC. The molecule has 0 radical (unpaired) electrons. The molecule has 21 heavy (non-hydrogen) atoms. The molecule has 1 atom stereocenters. The topological polar surface area (TPSA) is 73.6 Å². The van der Waals surface area contributed by atoms with Crippen LogP contribution in [-0.2, 0) is 16.0 Å². The smallest absolute Gasteiger partial charge is 0.250 e. The fourth-order valence-electron chi connectivity index (χ4n) is 1.90. The fourth-order valence-corrected chi connectivity index (χ4v) is 1.90. The summed E-state index contributed by atoms with van der Waals surface area (Å²) in [5, 5.41) is 2.78. The number of nitrogens with two attached hydrogens (primary N) is 1. The van der Waals surface area contributed by atoms with Crippen LogP contribution >= 0.6 is 0 Å². The first kappa shape index (κ1) is 17.5. The number of hydrogen-bond donors (Lipinski definition) is 2. The van der Waals surface area contributed by atoms with Gasteiger partial charge in [0, 0.05) is 13.2 Å². The second-order valence-corrected chi connectivity index (χ2v) is 5.36. The molecule has 0 bridgehead atoms. The van der Waals surface area contributed by atoms with E-state index in [2.05, 4.69) is 19.2 Å². The van der Waals surface area contributed by atoms with E-state index in [1.54, 1.807) is 0 Å². The van der Waals surface area contributed by atoms with Crippen molar-refractivity contribution < 1.29 is 14.3 Å². The van der Waals surface area contributed by atoms with Crippen molar-refractivity contribution in [2.45, 2.75) is 33.2 Å². The lowest BCUT2D eigenvalue weighted by Gasteiger charge is -2.17. The Labute approximate surface area is 126 Å². The van der Waals surface area contributed by atoms with Crippen LogP contribution in [0.15, 0.2) is 18.2 Å². The molecule has 5 heteroatoms. The lowest BCUT2D eigenvalue weighted by atomic mass is 9.97. The average Bonchev–Trinajstić information content (AvgIpc) is 2.42. The Balaban J connectivity index is 2.88. The number of carbonyl (C=O) groups excluding carboxylic acids is 1. The van der Waals surface area contributed by atoms with Gasteiger partial charge in [-0.15, -0.1) is 0 Å². The van der Waals surface area contributed by atoms with Crippen molar-refractivity contribution in [3.05, 3.63) is 23.8 Å². The van der Waals surface area contributed by atoms with E-state index < -0.39 is 0 Å². The number of rotatable bonds is 8. The van der Waals surface area contributed by atoms with Crippen molar-refractivity contribution in [1.29, 1.82) is 0 Å². The molecule has 1 rings (SSSR count). The summed E-state index contributed by atoms with van der Waals surface area (Å²) in [5.74, 6) is 0.877. The van der Waals surface area contributed by atoms with Crippen LogP contribution in [0.4, 0.5) is 5.69 Å². The summed E-state index contributed by atoms with van der Waals surface area (Å²) in [5.41, 5.74) is 7.86. The molecule has 118 valence electrons. The molecule has 5 nitrogen and oxygen atoms in total. The van der Waals surface area contributed by atoms with Gasteiger partial charge in [0.05, 0.1) is 12.3 Å². The second-order valence-electron chi connectivity index (χ2n) is 5.36. The van der Waals surface area contributed by atoms with Gasteiger partial charge in [0.15, 0.2) is 0 Å². The maximum absolute atomic E-state index is 11.6. The normalized spacial score (nSPS) is 12.3. The summed E-state index contributed by atoms with van der Waals surface area (Å²) in [4.78, 5) is 11.6. The van der Waals surface area contributed by atoms with Crippen LogP contribution in [0.25, 0.3) is 0 Å². The Morgan fingerprint density at radius 2 is 2.10 bits per heavy atom. The van der Waals surface area contributed by atoms with Gasteiger partial charge in [-0.1, -0.05) is 19.9 Å². The molecule has 0 fully saturated rings. The molecule has 0 saturated heterocycles. The predicted octanol–water partition coefficient (Wildman–Crippen LogP) is 2.20.